The first-order valence-electron chi connectivity index (χ1n) is 9.21. The number of carbonyl (C=O) groups is 2. The highest BCUT2D eigenvalue weighted by atomic mass is 16.5. The Morgan fingerprint density at radius 3 is 2.68 bits per heavy atom. The standard InChI is InChI=1S/C21H20N4O3/c1-28-15-5-3-13(4-6-15)16-9-14(26)10-19-20(16)21(27)17-8-12(11-23-25-22)2-7-18(17)24-19/h2-8,16,19-20,24H,9-11H2,1H3/t16-,19-,20+/m1/s1. The van der Waals surface area contributed by atoms with Crippen LogP contribution in [-0.2, 0) is 11.3 Å². The van der Waals surface area contributed by atoms with Gasteiger partial charge in [-0.15, -0.1) is 0 Å². The van der Waals surface area contributed by atoms with Gasteiger partial charge in [-0.2, -0.15) is 0 Å². The molecule has 3 atom stereocenters. The van der Waals surface area contributed by atoms with Crippen molar-refractivity contribution in [2.75, 3.05) is 12.4 Å². The van der Waals surface area contributed by atoms with E-state index in [1.807, 2.05) is 36.4 Å². The number of carbonyl (C=O) groups excluding carboxylic acids is 2. The lowest BCUT2D eigenvalue weighted by Crippen LogP contribution is -2.47. The zero-order valence-corrected chi connectivity index (χ0v) is 15.5. The number of methoxy groups -OCH3 is 1. The third-order valence-electron chi connectivity index (χ3n) is 5.62. The van der Waals surface area contributed by atoms with Crippen LogP contribution in [0.3, 0.4) is 0 Å². The van der Waals surface area contributed by atoms with E-state index in [1.165, 1.54) is 0 Å². The number of ether oxygens (including phenoxy) is 1. The van der Waals surface area contributed by atoms with Crippen molar-refractivity contribution < 1.29 is 14.3 Å². The lowest BCUT2D eigenvalue weighted by Gasteiger charge is -2.41. The van der Waals surface area contributed by atoms with Gasteiger partial charge in [-0.25, -0.2) is 0 Å². The Hall–Kier alpha value is -3.31. The maximum Gasteiger partial charge on any atom is 0.170 e. The van der Waals surface area contributed by atoms with Gasteiger partial charge in [-0.3, -0.25) is 9.59 Å². The number of azide groups is 1. The molecule has 0 saturated heterocycles. The molecule has 28 heavy (non-hydrogen) atoms. The second kappa shape index (κ2) is 7.37. The molecule has 0 spiro atoms. The lowest BCUT2D eigenvalue weighted by atomic mass is 9.67. The highest BCUT2D eigenvalue weighted by Gasteiger charge is 2.45. The molecule has 0 radical (unpaired) electrons. The average molecular weight is 376 g/mol. The Morgan fingerprint density at radius 1 is 1.18 bits per heavy atom. The molecule has 1 fully saturated rings. The summed E-state index contributed by atoms with van der Waals surface area (Å²) < 4.78 is 5.22. The predicted octanol–water partition coefficient (Wildman–Crippen LogP) is 4.25. The predicted molar refractivity (Wildman–Crippen MR) is 104 cm³/mol. The van der Waals surface area contributed by atoms with E-state index in [0.717, 1.165) is 22.6 Å². The molecule has 0 aromatic heterocycles. The number of anilines is 1. The monoisotopic (exact) mass is 376 g/mol. The molecule has 1 saturated carbocycles. The van der Waals surface area contributed by atoms with Gasteiger partial charge in [0, 0.05) is 41.0 Å². The zero-order valence-electron chi connectivity index (χ0n) is 15.5. The van der Waals surface area contributed by atoms with Crippen molar-refractivity contribution in [2.45, 2.75) is 31.3 Å². The zero-order chi connectivity index (χ0) is 19.7. The van der Waals surface area contributed by atoms with E-state index in [2.05, 4.69) is 15.3 Å². The topological polar surface area (TPSA) is 104 Å². The van der Waals surface area contributed by atoms with E-state index >= 15 is 0 Å². The van der Waals surface area contributed by atoms with Crippen LogP contribution in [0.1, 0.15) is 40.2 Å². The maximum atomic E-state index is 13.4. The molecule has 7 nitrogen and oxygen atoms in total. The Bertz CT molecular complexity index is 980. The number of benzene rings is 2. The number of rotatable bonds is 4. The summed E-state index contributed by atoms with van der Waals surface area (Å²) in [4.78, 5) is 28.6. The van der Waals surface area contributed by atoms with Crippen LogP contribution in [0.15, 0.2) is 47.6 Å². The van der Waals surface area contributed by atoms with E-state index in [4.69, 9.17) is 10.3 Å². The minimum atomic E-state index is -0.312. The number of nitrogens with one attached hydrogen (secondary N) is 1. The summed E-state index contributed by atoms with van der Waals surface area (Å²) in [6.45, 7) is 0.200. The number of hydrogen-bond donors (Lipinski definition) is 1. The average Bonchev–Trinajstić information content (AvgIpc) is 2.72. The van der Waals surface area contributed by atoms with E-state index in [1.54, 1.807) is 13.2 Å². The van der Waals surface area contributed by atoms with Gasteiger partial charge >= 0.3 is 0 Å². The Labute approximate surface area is 162 Å². The molecular formula is C21H20N4O3. The Morgan fingerprint density at radius 2 is 1.96 bits per heavy atom. The van der Waals surface area contributed by atoms with E-state index in [9.17, 15) is 9.59 Å². The third kappa shape index (κ3) is 3.21. The van der Waals surface area contributed by atoms with Gasteiger partial charge in [0.2, 0.25) is 0 Å². The van der Waals surface area contributed by atoms with Crippen LogP contribution in [0.5, 0.6) is 5.75 Å². The van der Waals surface area contributed by atoms with Crippen molar-refractivity contribution in [3.05, 3.63) is 69.6 Å². The minimum absolute atomic E-state index is 0.0369. The number of fused-ring (bicyclic) bond motifs is 2. The van der Waals surface area contributed by atoms with Crippen LogP contribution in [0, 0.1) is 5.92 Å². The molecule has 1 aliphatic carbocycles. The number of nitrogens with zero attached hydrogens (tertiary/aromatic N) is 3. The van der Waals surface area contributed by atoms with Gasteiger partial charge in [0.25, 0.3) is 0 Å². The first kappa shape index (κ1) is 18.1. The molecule has 2 aromatic rings. The maximum absolute atomic E-state index is 13.4. The third-order valence-corrected chi connectivity index (χ3v) is 5.62. The van der Waals surface area contributed by atoms with Gasteiger partial charge < -0.3 is 10.1 Å². The van der Waals surface area contributed by atoms with Gasteiger partial charge in [-0.05, 0) is 40.9 Å². The highest BCUT2D eigenvalue weighted by Crippen LogP contribution is 2.43. The Balaban J connectivity index is 1.71. The number of Topliss-reactive ketones (excluding diaryl/α,β-unsaturated/α-hetero) is 2. The molecule has 1 N–H and O–H groups in total. The van der Waals surface area contributed by atoms with Gasteiger partial charge in [0.15, 0.2) is 5.78 Å². The normalized spacial score (nSPS) is 23.1. The van der Waals surface area contributed by atoms with Crippen molar-refractivity contribution in [3.63, 3.8) is 0 Å². The molecule has 1 aliphatic heterocycles. The highest BCUT2D eigenvalue weighted by molar-refractivity contribution is 6.07. The molecule has 2 aromatic carbocycles. The van der Waals surface area contributed by atoms with E-state index < -0.39 is 0 Å². The second-order valence-corrected chi connectivity index (χ2v) is 7.24. The molecule has 142 valence electrons. The quantitative estimate of drug-likeness (QED) is 0.489. The largest absolute Gasteiger partial charge is 0.497 e. The molecule has 1 heterocycles. The van der Waals surface area contributed by atoms with E-state index in [-0.39, 0.29) is 36.0 Å². The summed E-state index contributed by atoms with van der Waals surface area (Å²) in [6.07, 6.45) is 0.706. The van der Waals surface area contributed by atoms with E-state index in [0.29, 0.717) is 18.4 Å². The van der Waals surface area contributed by atoms with Gasteiger partial charge in [-0.1, -0.05) is 23.3 Å². The van der Waals surface area contributed by atoms with Crippen LogP contribution in [0.25, 0.3) is 10.4 Å². The smallest absolute Gasteiger partial charge is 0.170 e. The number of ketones is 2. The van der Waals surface area contributed by atoms with Crippen molar-refractivity contribution in [1.29, 1.82) is 0 Å². The fourth-order valence-corrected chi connectivity index (χ4v) is 4.30. The summed E-state index contributed by atoms with van der Waals surface area (Å²) in [7, 11) is 1.61. The molecule has 2 aliphatic rings. The second-order valence-electron chi connectivity index (χ2n) is 7.24. The summed E-state index contributed by atoms with van der Waals surface area (Å²) in [6, 6.07) is 12.8. The van der Waals surface area contributed by atoms with Crippen molar-refractivity contribution in [1.82, 2.24) is 0 Å². The summed E-state index contributed by atoms with van der Waals surface area (Å²) >= 11 is 0. The Kier molecular flexibility index (Phi) is 4.75. The molecular weight excluding hydrogens is 356 g/mol. The molecule has 4 rings (SSSR count). The van der Waals surface area contributed by atoms with Crippen molar-refractivity contribution in [3.8, 4) is 5.75 Å². The van der Waals surface area contributed by atoms with Gasteiger partial charge in [0.1, 0.15) is 11.5 Å². The summed E-state index contributed by atoms with van der Waals surface area (Å²) in [5.41, 5.74) is 11.6. The van der Waals surface area contributed by atoms with Crippen molar-refractivity contribution in [2.24, 2.45) is 11.0 Å². The number of hydrogen-bond acceptors (Lipinski definition) is 5. The first-order chi connectivity index (χ1) is 13.6. The molecule has 0 bridgehead atoms. The van der Waals surface area contributed by atoms with Crippen LogP contribution in [0.4, 0.5) is 5.69 Å². The lowest BCUT2D eigenvalue weighted by molar-refractivity contribution is -0.121. The SMILES string of the molecule is COc1ccc([C@H]2CC(=O)C[C@H]3Nc4ccc(CN=[N+]=[N-])cc4C(=O)[C@@H]23)cc1. The van der Waals surface area contributed by atoms with Crippen LogP contribution >= 0.6 is 0 Å². The minimum Gasteiger partial charge on any atom is -0.497 e. The van der Waals surface area contributed by atoms with Gasteiger partial charge in [0.05, 0.1) is 19.6 Å². The summed E-state index contributed by atoms with van der Waals surface area (Å²) in [5, 5.41) is 6.97. The molecule has 0 amide bonds. The molecule has 7 heteroatoms. The van der Waals surface area contributed by atoms with Crippen LogP contribution in [-0.4, -0.2) is 24.7 Å². The first-order valence-corrected chi connectivity index (χ1v) is 9.21. The van der Waals surface area contributed by atoms with Crippen LogP contribution in [0.2, 0.25) is 0 Å². The summed E-state index contributed by atoms with van der Waals surface area (Å²) in [5.74, 6) is 0.448. The fraction of sp³-hybridized carbons (Fsp3) is 0.333. The van der Waals surface area contributed by atoms with Crippen LogP contribution < -0.4 is 10.1 Å². The fourth-order valence-electron chi connectivity index (χ4n) is 4.30. The van der Waals surface area contributed by atoms with Crippen molar-refractivity contribution >= 4 is 17.3 Å². The molecule has 0 unspecified atom stereocenters.